The summed E-state index contributed by atoms with van der Waals surface area (Å²) in [5.41, 5.74) is 0. The number of hydrogen-bond acceptors (Lipinski definition) is 3. The SMILES string of the molecule is CCCCCCCCCCC[CH2][Na].CCC[Si](OC)(OC)OC.c1ccccc1. The Hall–Kier alpha value is 0.317. The van der Waals surface area contributed by atoms with Crippen molar-refractivity contribution in [1.29, 1.82) is 0 Å². The third-order valence-electron chi connectivity index (χ3n) is 4.86. The van der Waals surface area contributed by atoms with Crippen LogP contribution in [0, 0.1) is 0 Å². The average Bonchev–Trinajstić information content (AvgIpc) is 2.78. The summed E-state index contributed by atoms with van der Waals surface area (Å²) in [4.78, 5) is 0. The fraction of sp³-hybridized carbons (Fsp3) is 0.750. The molecule has 0 spiro atoms. The summed E-state index contributed by atoms with van der Waals surface area (Å²) in [6.07, 6.45) is 15.8. The van der Waals surface area contributed by atoms with Crippen molar-refractivity contribution >= 4 is 36.7 Å². The Morgan fingerprint density at radius 1 is 0.552 bits per heavy atom. The molecule has 0 heterocycles. The molecule has 29 heavy (non-hydrogen) atoms. The van der Waals surface area contributed by atoms with Gasteiger partial charge in [0.25, 0.3) is 0 Å². The van der Waals surface area contributed by atoms with Gasteiger partial charge in [0.2, 0.25) is 0 Å². The Morgan fingerprint density at radius 3 is 1.14 bits per heavy atom. The largest absolute Gasteiger partial charge is 0.500 e. The molecule has 1 aromatic carbocycles. The van der Waals surface area contributed by atoms with E-state index < -0.39 is 8.80 Å². The first-order chi connectivity index (χ1) is 14.2. The van der Waals surface area contributed by atoms with Crippen molar-refractivity contribution in [2.45, 2.75) is 94.2 Å². The molecule has 1 rings (SSSR count). The summed E-state index contributed by atoms with van der Waals surface area (Å²) < 4.78 is 17.0. The minimum Gasteiger partial charge on any atom is -0.377 e. The molecule has 0 saturated carbocycles. The van der Waals surface area contributed by atoms with E-state index >= 15 is 0 Å². The molecule has 0 N–H and O–H groups in total. The summed E-state index contributed by atoms with van der Waals surface area (Å²) in [6, 6.07) is 12.9. The molecule has 3 nitrogen and oxygen atoms in total. The van der Waals surface area contributed by atoms with Gasteiger partial charge in [-0.3, -0.25) is 0 Å². The summed E-state index contributed by atoms with van der Waals surface area (Å²) in [5, 5.41) is 0. The molecule has 0 aliphatic rings. The zero-order valence-corrected chi connectivity index (χ0v) is 23.4. The van der Waals surface area contributed by atoms with Gasteiger partial charge in [0.05, 0.1) is 0 Å². The molecule has 0 amide bonds. The van der Waals surface area contributed by atoms with Crippen molar-refractivity contribution in [3.63, 3.8) is 0 Å². The number of unbranched alkanes of at least 4 members (excludes halogenated alkanes) is 9. The zero-order valence-electron chi connectivity index (χ0n) is 20.4. The predicted molar refractivity (Wildman–Crippen MR) is 131 cm³/mol. The monoisotopic (exact) mass is 434 g/mol. The fourth-order valence-electron chi connectivity index (χ4n) is 2.98. The Labute approximate surface area is 201 Å². The van der Waals surface area contributed by atoms with E-state index in [-0.39, 0.29) is 0 Å². The molecule has 1 aromatic rings. The summed E-state index contributed by atoms with van der Waals surface area (Å²) in [6.45, 7) is 4.37. The standard InChI is InChI=1S/C12H25.C6H16O3Si.C6H6.Na/c1-3-5-7-9-11-12-10-8-6-4-2;1-5-6-10(7-2,8-3)9-4;1-2-4-6-5-3-1;/h1,3-12H2,2H3;5-6H2,1-4H3;1-6H;. The second-order valence-corrected chi connectivity index (χ2v) is 11.5. The van der Waals surface area contributed by atoms with Crippen LogP contribution in [0.25, 0.3) is 0 Å². The van der Waals surface area contributed by atoms with Crippen LogP contribution in [0.2, 0.25) is 9.71 Å². The molecule has 0 fully saturated rings. The zero-order chi connectivity index (χ0) is 22.1. The smallest absolute Gasteiger partial charge is 0.377 e. The van der Waals surface area contributed by atoms with E-state index in [9.17, 15) is 0 Å². The van der Waals surface area contributed by atoms with Gasteiger partial charge in [-0.15, -0.1) is 0 Å². The average molecular weight is 435 g/mol. The molecular formula is C24H47NaO3Si. The minimum atomic E-state index is -2.22. The second-order valence-electron chi connectivity index (χ2n) is 7.38. The van der Waals surface area contributed by atoms with E-state index in [1.807, 2.05) is 36.4 Å². The summed E-state index contributed by atoms with van der Waals surface area (Å²) in [7, 11) is 2.68. The molecule has 0 saturated heterocycles. The van der Waals surface area contributed by atoms with Crippen molar-refractivity contribution in [1.82, 2.24) is 0 Å². The third kappa shape index (κ3) is 22.8. The van der Waals surface area contributed by atoms with E-state index in [0.29, 0.717) is 0 Å². The van der Waals surface area contributed by atoms with Gasteiger partial charge in [-0.1, -0.05) is 49.7 Å². The van der Waals surface area contributed by atoms with Crippen LogP contribution in [0.15, 0.2) is 36.4 Å². The number of hydrogen-bond donors (Lipinski definition) is 0. The molecule has 166 valence electrons. The Kier molecular flexibility index (Phi) is 28.6. The van der Waals surface area contributed by atoms with Crippen LogP contribution in [0.3, 0.4) is 0 Å². The topological polar surface area (TPSA) is 27.7 Å². The van der Waals surface area contributed by atoms with Gasteiger partial charge in [0.1, 0.15) is 0 Å². The van der Waals surface area contributed by atoms with Crippen LogP contribution in [-0.4, -0.2) is 58.1 Å². The molecule has 5 heteroatoms. The molecule has 0 radical (unpaired) electrons. The van der Waals surface area contributed by atoms with E-state index in [1.165, 1.54) is 95.8 Å². The second kappa shape index (κ2) is 26.4. The van der Waals surface area contributed by atoms with Crippen molar-refractivity contribution in [2.75, 3.05) is 21.3 Å². The Bertz CT molecular complexity index is 344. The number of rotatable bonds is 15. The molecule has 0 aliphatic heterocycles. The van der Waals surface area contributed by atoms with Gasteiger partial charge in [0, 0.05) is 27.4 Å². The van der Waals surface area contributed by atoms with Crippen LogP contribution in [0.1, 0.15) is 84.5 Å². The number of benzene rings is 1. The van der Waals surface area contributed by atoms with Gasteiger partial charge in [-0.2, -0.15) is 0 Å². The normalized spacial score (nSPS) is 10.6. The predicted octanol–water partition coefficient (Wildman–Crippen LogP) is 7.46. The van der Waals surface area contributed by atoms with E-state index in [4.69, 9.17) is 13.3 Å². The van der Waals surface area contributed by atoms with Crippen LogP contribution < -0.4 is 0 Å². The maximum absolute atomic E-state index is 5.17. The Balaban J connectivity index is 0. The first-order valence-electron chi connectivity index (χ1n) is 11.8. The summed E-state index contributed by atoms with van der Waals surface area (Å²) >= 11 is 1.41. The van der Waals surface area contributed by atoms with E-state index in [1.54, 1.807) is 21.3 Å². The van der Waals surface area contributed by atoms with Gasteiger partial charge in [-0.05, 0) is 0 Å². The minimum absolute atomic E-state index is 0.885. The molecular weight excluding hydrogens is 387 g/mol. The van der Waals surface area contributed by atoms with Gasteiger partial charge >= 0.3 is 112 Å². The molecule has 0 atom stereocenters. The van der Waals surface area contributed by atoms with Crippen molar-refractivity contribution in [3.8, 4) is 0 Å². The van der Waals surface area contributed by atoms with Gasteiger partial charge < -0.3 is 13.3 Å². The van der Waals surface area contributed by atoms with Crippen molar-refractivity contribution in [2.24, 2.45) is 0 Å². The molecule has 0 unspecified atom stereocenters. The molecule has 0 bridgehead atoms. The maximum Gasteiger partial charge on any atom is 0.500 e. The molecule has 0 aliphatic carbocycles. The molecule has 0 aromatic heterocycles. The Morgan fingerprint density at radius 2 is 0.897 bits per heavy atom. The van der Waals surface area contributed by atoms with E-state index in [2.05, 4.69) is 13.8 Å². The first-order valence-corrected chi connectivity index (χ1v) is 15.2. The van der Waals surface area contributed by atoms with Crippen LogP contribution >= 0.6 is 0 Å². The maximum atomic E-state index is 5.17. The third-order valence-corrected chi connectivity index (χ3v) is 8.55. The van der Waals surface area contributed by atoms with Gasteiger partial charge in [0.15, 0.2) is 0 Å². The fourth-order valence-corrected chi connectivity index (χ4v) is 5.21. The quantitative estimate of drug-likeness (QED) is 0.212. The van der Waals surface area contributed by atoms with E-state index in [0.717, 1.165) is 12.5 Å². The van der Waals surface area contributed by atoms with Gasteiger partial charge in [-0.25, -0.2) is 0 Å². The first kappa shape index (κ1) is 31.5. The van der Waals surface area contributed by atoms with Crippen molar-refractivity contribution in [3.05, 3.63) is 36.4 Å². The van der Waals surface area contributed by atoms with Crippen LogP contribution in [0.4, 0.5) is 0 Å². The summed E-state index contributed by atoms with van der Waals surface area (Å²) in [5.74, 6) is 0. The van der Waals surface area contributed by atoms with Crippen LogP contribution in [-0.2, 0) is 13.3 Å². The van der Waals surface area contributed by atoms with Crippen LogP contribution in [0.5, 0.6) is 0 Å². The van der Waals surface area contributed by atoms with Crippen molar-refractivity contribution < 1.29 is 13.3 Å².